The van der Waals surface area contributed by atoms with Crippen LogP contribution in [0.1, 0.15) is 28.8 Å². The number of hydrogen-bond acceptors (Lipinski definition) is 5. The highest BCUT2D eigenvalue weighted by atomic mass is 35.5. The Morgan fingerprint density at radius 2 is 1.68 bits per heavy atom. The summed E-state index contributed by atoms with van der Waals surface area (Å²) in [6.07, 6.45) is 0.672. The molecular weight excluding hydrogens is 455 g/mol. The molecule has 0 bridgehead atoms. The first-order chi connectivity index (χ1) is 16.4. The van der Waals surface area contributed by atoms with Crippen molar-refractivity contribution in [3.63, 3.8) is 0 Å². The molecule has 0 radical (unpaired) electrons. The predicted molar refractivity (Wildman–Crippen MR) is 130 cm³/mol. The molecule has 0 saturated carbocycles. The van der Waals surface area contributed by atoms with E-state index in [4.69, 9.17) is 26.7 Å². The molecule has 2 aromatic carbocycles. The van der Waals surface area contributed by atoms with E-state index in [-0.39, 0.29) is 11.7 Å². The largest absolute Gasteiger partial charge is 0.352 e. The Hall–Kier alpha value is -3.52. The molecule has 1 amide bonds. The van der Waals surface area contributed by atoms with E-state index in [0.717, 1.165) is 22.6 Å². The Bertz CT molecular complexity index is 1340. The van der Waals surface area contributed by atoms with Gasteiger partial charge in [-0.25, -0.2) is 19.0 Å². The fourth-order valence-electron chi connectivity index (χ4n) is 4.25. The van der Waals surface area contributed by atoms with Crippen LogP contribution in [0.15, 0.2) is 48.5 Å². The number of aryl methyl sites for hydroxylation is 2. The smallest absolute Gasteiger partial charge is 0.253 e. The highest BCUT2D eigenvalue weighted by Gasteiger charge is 2.26. The summed E-state index contributed by atoms with van der Waals surface area (Å²) < 4.78 is 15.2. The molecule has 3 heterocycles. The molecule has 9 heteroatoms. The normalized spacial score (nSPS) is 14.1. The van der Waals surface area contributed by atoms with Gasteiger partial charge in [0, 0.05) is 43.2 Å². The summed E-state index contributed by atoms with van der Waals surface area (Å²) in [7, 11) is 0. The van der Waals surface area contributed by atoms with Crippen LogP contribution >= 0.6 is 11.6 Å². The second-order valence-electron chi connectivity index (χ2n) is 8.28. The quantitative estimate of drug-likeness (QED) is 0.434. The lowest BCUT2D eigenvalue weighted by atomic mass is 10.1. The van der Waals surface area contributed by atoms with Gasteiger partial charge in [0.1, 0.15) is 17.5 Å². The summed E-state index contributed by atoms with van der Waals surface area (Å²) in [6, 6.07) is 13.2. The number of rotatable bonds is 4. The van der Waals surface area contributed by atoms with Crippen LogP contribution in [0, 0.1) is 12.7 Å². The van der Waals surface area contributed by atoms with Gasteiger partial charge in [-0.1, -0.05) is 18.5 Å². The highest BCUT2D eigenvalue weighted by molar-refractivity contribution is 6.30. The van der Waals surface area contributed by atoms with Crippen molar-refractivity contribution in [2.24, 2.45) is 0 Å². The van der Waals surface area contributed by atoms with E-state index in [0.29, 0.717) is 54.7 Å². The minimum absolute atomic E-state index is 0.00120. The number of nitrogens with zero attached hydrogens (tertiary/aromatic N) is 6. The minimum Gasteiger partial charge on any atom is -0.352 e. The molecule has 1 aliphatic rings. The maximum atomic E-state index is 13.5. The topological polar surface area (TPSA) is 67.2 Å². The Morgan fingerprint density at radius 1 is 1.00 bits per heavy atom. The summed E-state index contributed by atoms with van der Waals surface area (Å²) in [5, 5.41) is 6.18. The standard InChI is InChI=1S/C25H24ClFN6O/c1-3-21-28-23(22-16(2)30-33(24(22)29-21)20-10-8-19(27)9-11-20)31-12-14-32(15-13-31)25(34)17-4-6-18(26)7-5-17/h4-11H,3,12-15H2,1-2H3. The van der Waals surface area contributed by atoms with Gasteiger partial charge in [-0.2, -0.15) is 5.10 Å². The van der Waals surface area contributed by atoms with E-state index in [2.05, 4.69) is 4.90 Å². The predicted octanol–water partition coefficient (Wildman–Crippen LogP) is 4.44. The van der Waals surface area contributed by atoms with E-state index in [1.54, 1.807) is 41.1 Å². The number of fused-ring (bicyclic) bond motifs is 1. The monoisotopic (exact) mass is 478 g/mol. The Morgan fingerprint density at radius 3 is 2.32 bits per heavy atom. The lowest BCUT2D eigenvalue weighted by molar-refractivity contribution is 0.0746. The number of halogens is 2. The lowest BCUT2D eigenvalue weighted by Gasteiger charge is -2.35. The molecule has 1 aliphatic heterocycles. The van der Waals surface area contributed by atoms with E-state index < -0.39 is 0 Å². The second-order valence-corrected chi connectivity index (χ2v) is 8.71. The van der Waals surface area contributed by atoms with Crippen molar-refractivity contribution in [2.75, 3.05) is 31.1 Å². The molecule has 0 unspecified atom stereocenters. The van der Waals surface area contributed by atoms with Crippen LogP contribution in [0.5, 0.6) is 0 Å². The molecule has 0 N–H and O–H groups in total. The molecule has 5 rings (SSSR count). The Kier molecular flexibility index (Phi) is 5.91. The van der Waals surface area contributed by atoms with Gasteiger partial charge in [-0.05, 0) is 55.5 Å². The molecular formula is C25H24ClFN6O. The molecule has 1 fully saturated rings. The van der Waals surface area contributed by atoms with E-state index >= 15 is 0 Å². The van der Waals surface area contributed by atoms with Crippen molar-refractivity contribution in [2.45, 2.75) is 20.3 Å². The van der Waals surface area contributed by atoms with Crippen LogP contribution < -0.4 is 4.90 Å². The average molecular weight is 479 g/mol. The van der Waals surface area contributed by atoms with Crippen LogP contribution in [0.2, 0.25) is 5.02 Å². The van der Waals surface area contributed by atoms with Gasteiger partial charge < -0.3 is 9.80 Å². The zero-order valence-corrected chi connectivity index (χ0v) is 19.8. The second kappa shape index (κ2) is 9.02. The van der Waals surface area contributed by atoms with Gasteiger partial charge in [0.2, 0.25) is 0 Å². The van der Waals surface area contributed by atoms with E-state index in [1.807, 2.05) is 18.7 Å². The summed E-state index contributed by atoms with van der Waals surface area (Å²) in [6.45, 7) is 6.41. The molecule has 2 aromatic heterocycles. The van der Waals surface area contributed by atoms with Gasteiger partial charge in [0.05, 0.1) is 16.8 Å². The number of piperazine rings is 1. The van der Waals surface area contributed by atoms with Crippen molar-refractivity contribution in [1.29, 1.82) is 0 Å². The van der Waals surface area contributed by atoms with Crippen molar-refractivity contribution in [3.05, 3.63) is 76.5 Å². The first-order valence-corrected chi connectivity index (χ1v) is 11.6. The van der Waals surface area contributed by atoms with Crippen molar-refractivity contribution in [1.82, 2.24) is 24.6 Å². The maximum absolute atomic E-state index is 13.5. The number of amides is 1. The molecule has 4 aromatic rings. The maximum Gasteiger partial charge on any atom is 0.253 e. The third kappa shape index (κ3) is 4.09. The highest BCUT2D eigenvalue weighted by Crippen LogP contribution is 2.30. The number of aromatic nitrogens is 4. The molecule has 0 atom stereocenters. The Labute approximate surface area is 201 Å². The zero-order valence-electron chi connectivity index (χ0n) is 19.0. The zero-order chi connectivity index (χ0) is 23.8. The van der Waals surface area contributed by atoms with Crippen molar-refractivity contribution >= 4 is 34.4 Å². The molecule has 34 heavy (non-hydrogen) atoms. The van der Waals surface area contributed by atoms with Gasteiger partial charge in [0.15, 0.2) is 5.65 Å². The fourth-order valence-corrected chi connectivity index (χ4v) is 4.38. The van der Waals surface area contributed by atoms with Crippen LogP contribution in [0.4, 0.5) is 10.2 Å². The average Bonchev–Trinajstić information content (AvgIpc) is 3.20. The minimum atomic E-state index is -0.299. The molecule has 174 valence electrons. The van der Waals surface area contributed by atoms with Crippen molar-refractivity contribution in [3.8, 4) is 5.69 Å². The van der Waals surface area contributed by atoms with Crippen LogP contribution in [-0.4, -0.2) is 56.7 Å². The molecule has 1 saturated heterocycles. The van der Waals surface area contributed by atoms with Crippen LogP contribution in [0.3, 0.4) is 0 Å². The summed E-state index contributed by atoms with van der Waals surface area (Å²) >= 11 is 5.95. The molecule has 0 aliphatic carbocycles. The van der Waals surface area contributed by atoms with E-state index in [1.165, 1.54) is 12.1 Å². The molecule has 0 spiro atoms. The number of carbonyl (C=O) groups excluding carboxylic acids is 1. The SMILES string of the molecule is CCc1nc(N2CCN(C(=O)c3ccc(Cl)cc3)CC2)c2c(C)nn(-c3ccc(F)cc3)c2n1. The summed E-state index contributed by atoms with van der Waals surface area (Å²) in [5.41, 5.74) is 2.87. The third-order valence-electron chi connectivity index (χ3n) is 6.07. The number of hydrogen-bond donors (Lipinski definition) is 0. The van der Waals surface area contributed by atoms with Gasteiger partial charge >= 0.3 is 0 Å². The molecule has 7 nitrogen and oxygen atoms in total. The van der Waals surface area contributed by atoms with Gasteiger partial charge in [0.25, 0.3) is 5.91 Å². The Balaban J connectivity index is 1.45. The first-order valence-electron chi connectivity index (χ1n) is 11.3. The number of benzene rings is 2. The fraction of sp³-hybridized carbons (Fsp3) is 0.280. The lowest BCUT2D eigenvalue weighted by Crippen LogP contribution is -2.49. The van der Waals surface area contributed by atoms with Crippen LogP contribution in [-0.2, 0) is 6.42 Å². The summed E-state index contributed by atoms with van der Waals surface area (Å²) in [4.78, 5) is 26.6. The van der Waals surface area contributed by atoms with Gasteiger partial charge in [-0.15, -0.1) is 0 Å². The van der Waals surface area contributed by atoms with Crippen LogP contribution in [0.25, 0.3) is 16.7 Å². The number of carbonyl (C=O) groups is 1. The van der Waals surface area contributed by atoms with Crippen molar-refractivity contribution < 1.29 is 9.18 Å². The third-order valence-corrected chi connectivity index (χ3v) is 6.33. The number of anilines is 1. The van der Waals surface area contributed by atoms with E-state index in [9.17, 15) is 9.18 Å². The summed E-state index contributed by atoms with van der Waals surface area (Å²) in [5.74, 6) is 1.24. The first kappa shape index (κ1) is 22.3. The van der Waals surface area contributed by atoms with Gasteiger partial charge in [-0.3, -0.25) is 4.79 Å².